The van der Waals surface area contributed by atoms with Crippen LogP contribution >= 0.6 is 0 Å². The number of amides is 1. The fourth-order valence-corrected chi connectivity index (χ4v) is 1.53. The van der Waals surface area contributed by atoms with Crippen LogP contribution in [0.25, 0.3) is 0 Å². The zero-order chi connectivity index (χ0) is 14.3. The summed E-state index contributed by atoms with van der Waals surface area (Å²) in [6, 6.07) is 6.84. The molecule has 1 amide bonds. The van der Waals surface area contributed by atoms with Crippen molar-refractivity contribution in [2.24, 2.45) is 0 Å². The summed E-state index contributed by atoms with van der Waals surface area (Å²) in [5.74, 6) is 0.995. The highest BCUT2D eigenvalue weighted by molar-refractivity contribution is 5.81. The lowest BCUT2D eigenvalue weighted by atomic mass is 10.2. The van der Waals surface area contributed by atoms with Gasteiger partial charge < -0.3 is 19.9 Å². The number of carbonyl (C=O) groups excluding carboxylic acids is 1. The van der Waals surface area contributed by atoms with Crippen LogP contribution in [-0.4, -0.2) is 36.9 Å². The molecule has 0 saturated heterocycles. The van der Waals surface area contributed by atoms with Gasteiger partial charge in [-0.15, -0.1) is 0 Å². The quantitative estimate of drug-likeness (QED) is 0.782. The van der Waals surface area contributed by atoms with Crippen molar-refractivity contribution in [1.29, 1.82) is 0 Å². The number of methoxy groups -OCH3 is 1. The van der Waals surface area contributed by atoms with E-state index in [0.29, 0.717) is 17.9 Å². The lowest BCUT2D eigenvalue weighted by Crippen LogP contribution is -2.43. The first kappa shape index (κ1) is 15.3. The Hall–Kier alpha value is -1.75. The number of benzene rings is 1. The maximum atomic E-state index is 11.9. The third-order valence-electron chi connectivity index (χ3n) is 2.78. The number of hydrogen-bond acceptors (Lipinski definition) is 4. The van der Waals surface area contributed by atoms with Crippen LogP contribution in [0.15, 0.2) is 24.3 Å². The van der Waals surface area contributed by atoms with E-state index in [2.05, 4.69) is 5.32 Å². The molecule has 1 aromatic rings. The summed E-state index contributed by atoms with van der Waals surface area (Å²) in [4.78, 5) is 11.9. The maximum absolute atomic E-state index is 11.9. The SMILES string of the molecule is CCC(CO)NC(=O)C(C)Oc1cccc(OC)c1. The van der Waals surface area contributed by atoms with E-state index in [0.717, 1.165) is 0 Å². The smallest absolute Gasteiger partial charge is 0.261 e. The third kappa shape index (κ3) is 4.79. The second-order valence-corrected chi connectivity index (χ2v) is 4.24. The molecule has 0 aromatic heterocycles. The van der Waals surface area contributed by atoms with Gasteiger partial charge in [0.1, 0.15) is 11.5 Å². The fourth-order valence-electron chi connectivity index (χ4n) is 1.53. The number of ether oxygens (including phenoxy) is 2. The first-order valence-corrected chi connectivity index (χ1v) is 6.32. The zero-order valence-electron chi connectivity index (χ0n) is 11.6. The van der Waals surface area contributed by atoms with Crippen molar-refractivity contribution in [3.63, 3.8) is 0 Å². The standard InChI is InChI=1S/C14H21NO4/c1-4-11(9-16)15-14(17)10(2)19-13-7-5-6-12(8-13)18-3/h5-8,10-11,16H,4,9H2,1-3H3,(H,15,17). The van der Waals surface area contributed by atoms with Gasteiger partial charge in [-0.1, -0.05) is 13.0 Å². The third-order valence-corrected chi connectivity index (χ3v) is 2.78. The van der Waals surface area contributed by atoms with Crippen LogP contribution in [0.3, 0.4) is 0 Å². The van der Waals surface area contributed by atoms with Crippen molar-refractivity contribution in [2.75, 3.05) is 13.7 Å². The molecule has 106 valence electrons. The van der Waals surface area contributed by atoms with Crippen molar-refractivity contribution < 1.29 is 19.4 Å². The largest absolute Gasteiger partial charge is 0.497 e. The van der Waals surface area contributed by atoms with E-state index in [1.54, 1.807) is 38.3 Å². The van der Waals surface area contributed by atoms with Gasteiger partial charge in [-0.25, -0.2) is 0 Å². The highest BCUT2D eigenvalue weighted by atomic mass is 16.5. The van der Waals surface area contributed by atoms with E-state index in [-0.39, 0.29) is 18.6 Å². The molecule has 0 fully saturated rings. The van der Waals surface area contributed by atoms with E-state index in [4.69, 9.17) is 14.6 Å². The first-order valence-electron chi connectivity index (χ1n) is 6.32. The number of rotatable bonds is 7. The molecule has 19 heavy (non-hydrogen) atoms. The zero-order valence-corrected chi connectivity index (χ0v) is 11.6. The summed E-state index contributed by atoms with van der Waals surface area (Å²) >= 11 is 0. The molecule has 2 N–H and O–H groups in total. The van der Waals surface area contributed by atoms with Gasteiger partial charge in [0.2, 0.25) is 0 Å². The van der Waals surface area contributed by atoms with E-state index >= 15 is 0 Å². The molecule has 1 aromatic carbocycles. The van der Waals surface area contributed by atoms with Crippen LogP contribution in [0.5, 0.6) is 11.5 Å². The first-order chi connectivity index (χ1) is 9.10. The molecule has 0 radical (unpaired) electrons. The number of carbonyl (C=O) groups is 1. The van der Waals surface area contributed by atoms with Crippen molar-refractivity contribution >= 4 is 5.91 Å². The van der Waals surface area contributed by atoms with Crippen LogP contribution in [0, 0.1) is 0 Å². The van der Waals surface area contributed by atoms with Gasteiger partial charge in [0.25, 0.3) is 5.91 Å². The molecule has 2 atom stereocenters. The summed E-state index contributed by atoms with van der Waals surface area (Å²) in [5, 5.41) is 11.8. The minimum Gasteiger partial charge on any atom is -0.497 e. The number of nitrogens with one attached hydrogen (secondary N) is 1. The Morgan fingerprint density at radius 2 is 2.11 bits per heavy atom. The summed E-state index contributed by atoms with van der Waals surface area (Å²) in [6.45, 7) is 3.49. The molecule has 2 unspecified atom stereocenters. The molecule has 0 aliphatic rings. The normalized spacial score (nSPS) is 13.5. The Balaban J connectivity index is 2.57. The van der Waals surface area contributed by atoms with Crippen LogP contribution < -0.4 is 14.8 Å². The molecule has 0 aliphatic heterocycles. The van der Waals surface area contributed by atoms with E-state index in [1.165, 1.54) is 0 Å². The summed E-state index contributed by atoms with van der Waals surface area (Å²) in [6.07, 6.45) is 0.0430. The van der Waals surface area contributed by atoms with Crippen LogP contribution in [0.4, 0.5) is 0 Å². The van der Waals surface area contributed by atoms with E-state index < -0.39 is 6.10 Å². The minimum atomic E-state index is -0.632. The maximum Gasteiger partial charge on any atom is 0.261 e. The molecule has 1 rings (SSSR count). The van der Waals surface area contributed by atoms with Gasteiger partial charge in [-0.05, 0) is 25.5 Å². The molecular weight excluding hydrogens is 246 g/mol. The van der Waals surface area contributed by atoms with E-state index in [9.17, 15) is 4.79 Å². The second-order valence-electron chi connectivity index (χ2n) is 4.24. The fraction of sp³-hybridized carbons (Fsp3) is 0.500. The van der Waals surface area contributed by atoms with Crippen LogP contribution in [0.2, 0.25) is 0 Å². The predicted octanol–water partition coefficient (Wildman–Crippen LogP) is 1.35. The number of hydrogen-bond donors (Lipinski definition) is 2. The Bertz CT molecular complexity index is 404. The second kappa shape index (κ2) is 7.63. The predicted molar refractivity (Wildman–Crippen MR) is 72.4 cm³/mol. The molecule has 5 nitrogen and oxygen atoms in total. The van der Waals surface area contributed by atoms with Gasteiger partial charge in [0.05, 0.1) is 19.8 Å². The van der Waals surface area contributed by atoms with Crippen molar-refractivity contribution in [3.8, 4) is 11.5 Å². The summed E-state index contributed by atoms with van der Waals surface area (Å²) < 4.78 is 10.6. The Kier molecular flexibility index (Phi) is 6.15. The van der Waals surface area contributed by atoms with Gasteiger partial charge in [0.15, 0.2) is 6.10 Å². The lowest BCUT2D eigenvalue weighted by molar-refractivity contribution is -0.128. The molecule has 0 saturated carbocycles. The summed E-state index contributed by atoms with van der Waals surface area (Å²) in [5.41, 5.74) is 0. The van der Waals surface area contributed by atoms with Gasteiger partial charge in [-0.2, -0.15) is 0 Å². The highest BCUT2D eigenvalue weighted by Crippen LogP contribution is 2.19. The Labute approximate surface area is 113 Å². The monoisotopic (exact) mass is 267 g/mol. The number of aliphatic hydroxyl groups excluding tert-OH is 1. The van der Waals surface area contributed by atoms with Gasteiger partial charge >= 0.3 is 0 Å². The van der Waals surface area contributed by atoms with Gasteiger partial charge in [-0.3, -0.25) is 4.79 Å². The Morgan fingerprint density at radius 1 is 1.42 bits per heavy atom. The Morgan fingerprint density at radius 3 is 2.68 bits per heavy atom. The van der Waals surface area contributed by atoms with E-state index in [1.807, 2.05) is 6.92 Å². The molecule has 0 bridgehead atoms. The molecule has 0 heterocycles. The molecule has 0 spiro atoms. The molecule has 0 aliphatic carbocycles. The highest BCUT2D eigenvalue weighted by Gasteiger charge is 2.17. The summed E-state index contributed by atoms with van der Waals surface area (Å²) in [7, 11) is 1.57. The minimum absolute atomic E-state index is 0.0753. The van der Waals surface area contributed by atoms with Gasteiger partial charge in [0, 0.05) is 6.07 Å². The van der Waals surface area contributed by atoms with Crippen LogP contribution in [-0.2, 0) is 4.79 Å². The van der Waals surface area contributed by atoms with Crippen molar-refractivity contribution in [3.05, 3.63) is 24.3 Å². The van der Waals surface area contributed by atoms with Crippen molar-refractivity contribution in [1.82, 2.24) is 5.32 Å². The van der Waals surface area contributed by atoms with Crippen LogP contribution in [0.1, 0.15) is 20.3 Å². The lowest BCUT2D eigenvalue weighted by Gasteiger charge is -2.19. The topological polar surface area (TPSA) is 67.8 Å². The molecule has 5 heteroatoms. The average Bonchev–Trinajstić information content (AvgIpc) is 2.44. The average molecular weight is 267 g/mol. The number of aliphatic hydroxyl groups is 1. The molecular formula is C14H21NO4. The van der Waals surface area contributed by atoms with Crippen molar-refractivity contribution in [2.45, 2.75) is 32.4 Å².